The van der Waals surface area contributed by atoms with Crippen LogP contribution in [0.5, 0.6) is 0 Å². The van der Waals surface area contributed by atoms with Gasteiger partial charge in [0.05, 0.1) is 5.69 Å². The minimum absolute atomic E-state index is 0.377. The van der Waals surface area contributed by atoms with Gasteiger partial charge in [-0.25, -0.2) is 0 Å². The average molecular weight is 187 g/mol. The molecule has 14 heavy (non-hydrogen) atoms. The number of nitrogens with zero attached hydrogens (tertiary/aromatic N) is 1. The van der Waals surface area contributed by atoms with Crippen LogP contribution in [0.3, 0.4) is 0 Å². The number of hydrogen-bond acceptors (Lipinski definition) is 2. The third-order valence-corrected chi connectivity index (χ3v) is 2.11. The van der Waals surface area contributed by atoms with Crippen LogP contribution in [0.4, 0.5) is 5.69 Å². The number of hydroxylamine groups is 1. The second kappa shape index (κ2) is 3.47. The molecule has 0 saturated heterocycles. The van der Waals surface area contributed by atoms with E-state index >= 15 is 0 Å². The molecule has 0 atom stereocenters. The number of benzene rings is 2. The van der Waals surface area contributed by atoms with Crippen LogP contribution in [0.25, 0.3) is 10.8 Å². The summed E-state index contributed by atoms with van der Waals surface area (Å²) in [6, 6.07) is 13.0. The maximum atomic E-state index is 10.4. The van der Waals surface area contributed by atoms with Crippen molar-refractivity contribution in [2.24, 2.45) is 0 Å². The van der Waals surface area contributed by atoms with E-state index in [1.54, 1.807) is 12.1 Å². The first-order valence-corrected chi connectivity index (χ1v) is 4.24. The van der Waals surface area contributed by atoms with Crippen molar-refractivity contribution >= 4 is 22.9 Å². The van der Waals surface area contributed by atoms with E-state index in [2.05, 4.69) is 0 Å². The van der Waals surface area contributed by atoms with Crippen LogP contribution in [0, 0.1) is 0 Å². The summed E-state index contributed by atoms with van der Waals surface area (Å²) in [4.78, 5) is 10.4. The van der Waals surface area contributed by atoms with Gasteiger partial charge in [0.15, 0.2) is 0 Å². The topological polar surface area (TPSA) is 40.5 Å². The number of amides is 1. The predicted octanol–water partition coefficient (Wildman–Crippen LogP) is 2.19. The van der Waals surface area contributed by atoms with Crippen molar-refractivity contribution in [3.8, 4) is 0 Å². The van der Waals surface area contributed by atoms with E-state index in [1.165, 1.54) is 0 Å². The molecule has 3 heteroatoms. The molecule has 0 aliphatic carbocycles. The summed E-state index contributed by atoms with van der Waals surface area (Å²) >= 11 is 0. The molecule has 0 aliphatic rings. The molecule has 0 radical (unpaired) electrons. The first-order chi connectivity index (χ1) is 6.83. The normalized spacial score (nSPS) is 10.1. The summed E-state index contributed by atoms with van der Waals surface area (Å²) in [7, 11) is 0. The van der Waals surface area contributed by atoms with Crippen LogP contribution in [-0.2, 0) is 4.79 Å². The lowest BCUT2D eigenvalue weighted by Gasteiger charge is -2.11. The standard InChI is InChI=1S/C11H9NO2/c13-8-12(14)11-7-3-5-9-4-1-2-6-10(9)11/h1-8,14H. The monoisotopic (exact) mass is 187 g/mol. The highest BCUT2D eigenvalue weighted by molar-refractivity contribution is 5.97. The summed E-state index contributed by atoms with van der Waals surface area (Å²) in [6.07, 6.45) is 0.377. The molecule has 1 N–H and O–H groups in total. The quantitative estimate of drug-likeness (QED) is 0.444. The fraction of sp³-hybridized carbons (Fsp3) is 0. The molecule has 1 amide bonds. The van der Waals surface area contributed by atoms with E-state index in [0.717, 1.165) is 10.8 Å². The Morgan fingerprint density at radius 2 is 1.79 bits per heavy atom. The van der Waals surface area contributed by atoms with Gasteiger partial charge >= 0.3 is 0 Å². The third-order valence-electron chi connectivity index (χ3n) is 2.11. The minimum atomic E-state index is 0.377. The van der Waals surface area contributed by atoms with Crippen molar-refractivity contribution in [3.63, 3.8) is 0 Å². The van der Waals surface area contributed by atoms with Crippen LogP contribution in [-0.4, -0.2) is 11.6 Å². The fourth-order valence-corrected chi connectivity index (χ4v) is 1.46. The zero-order valence-electron chi connectivity index (χ0n) is 7.42. The average Bonchev–Trinajstić information content (AvgIpc) is 2.27. The van der Waals surface area contributed by atoms with Crippen molar-refractivity contribution in [3.05, 3.63) is 42.5 Å². The lowest BCUT2D eigenvalue weighted by atomic mass is 10.1. The van der Waals surface area contributed by atoms with Crippen LogP contribution >= 0.6 is 0 Å². The molecule has 2 aromatic rings. The zero-order chi connectivity index (χ0) is 9.97. The van der Waals surface area contributed by atoms with Crippen molar-refractivity contribution < 1.29 is 10.0 Å². The van der Waals surface area contributed by atoms with Crippen LogP contribution in [0.2, 0.25) is 0 Å². The second-order valence-electron chi connectivity index (χ2n) is 2.95. The fourth-order valence-electron chi connectivity index (χ4n) is 1.46. The van der Waals surface area contributed by atoms with Gasteiger partial charge in [-0.15, -0.1) is 0 Å². The highest BCUT2D eigenvalue weighted by Gasteiger charge is 2.04. The van der Waals surface area contributed by atoms with E-state index in [9.17, 15) is 10.0 Å². The number of carbonyl (C=O) groups is 1. The molecule has 0 bridgehead atoms. The molecule has 2 aromatic carbocycles. The molecular weight excluding hydrogens is 178 g/mol. The van der Waals surface area contributed by atoms with Crippen LogP contribution in [0.15, 0.2) is 42.5 Å². The molecule has 0 heterocycles. The summed E-state index contributed by atoms with van der Waals surface area (Å²) in [5, 5.41) is 11.7. The number of anilines is 1. The molecule has 3 nitrogen and oxygen atoms in total. The van der Waals surface area contributed by atoms with Crippen LogP contribution < -0.4 is 5.06 Å². The minimum Gasteiger partial charge on any atom is -0.281 e. The van der Waals surface area contributed by atoms with E-state index in [0.29, 0.717) is 17.2 Å². The highest BCUT2D eigenvalue weighted by Crippen LogP contribution is 2.24. The van der Waals surface area contributed by atoms with Gasteiger partial charge in [0.25, 0.3) is 0 Å². The Balaban J connectivity index is 2.70. The molecule has 2 rings (SSSR count). The maximum Gasteiger partial charge on any atom is 0.237 e. The first kappa shape index (κ1) is 8.72. The lowest BCUT2D eigenvalue weighted by Crippen LogP contribution is -2.14. The first-order valence-electron chi connectivity index (χ1n) is 4.24. The third kappa shape index (κ3) is 1.34. The SMILES string of the molecule is O=CN(O)c1cccc2ccccc12. The maximum absolute atomic E-state index is 10.4. The predicted molar refractivity (Wildman–Crippen MR) is 54.3 cm³/mol. The molecule has 0 unspecified atom stereocenters. The number of fused-ring (bicyclic) bond motifs is 1. The Morgan fingerprint density at radius 1 is 1.07 bits per heavy atom. The van der Waals surface area contributed by atoms with Gasteiger partial charge in [-0.2, -0.15) is 5.06 Å². The molecule has 70 valence electrons. The van der Waals surface area contributed by atoms with Gasteiger partial charge in [-0.1, -0.05) is 36.4 Å². The van der Waals surface area contributed by atoms with Gasteiger partial charge < -0.3 is 0 Å². The number of hydrogen-bond donors (Lipinski definition) is 1. The smallest absolute Gasteiger partial charge is 0.237 e. The number of rotatable bonds is 2. The van der Waals surface area contributed by atoms with E-state index < -0.39 is 0 Å². The lowest BCUT2D eigenvalue weighted by molar-refractivity contribution is -0.111. The summed E-state index contributed by atoms with van der Waals surface area (Å²) < 4.78 is 0. The van der Waals surface area contributed by atoms with Crippen molar-refractivity contribution in [1.82, 2.24) is 0 Å². The Morgan fingerprint density at radius 3 is 2.57 bits per heavy atom. The van der Waals surface area contributed by atoms with E-state index in [4.69, 9.17) is 0 Å². The highest BCUT2D eigenvalue weighted by atomic mass is 16.5. The van der Waals surface area contributed by atoms with Crippen molar-refractivity contribution in [1.29, 1.82) is 0 Å². The Labute approximate surface area is 81.1 Å². The molecule has 0 aromatic heterocycles. The van der Waals surface area contributed by atoms with Gasteiger partial charge in [-0.05, 0) is 11.5 Å². The van der Waals surface area contributed by atoms with Crippen molar-refractivity contribution in [2.45, 2.75) is 0 Å². The van der Waals surface area contributed by atoms with E-state index in [1.807, 2.05) is 30.3 Å². The summed E-state index contributed by atoms with van der Waals surface area (Å²) in [5.74, 6) is 0. The Bertz CT molecular complexity index is 462. The van der Waals surface area contributed by atoms with Gasteiger partial charge in [-0.3, -0.25) is 10.0 Å². The largest absolute Gasteiger partial charge is 0.281 e. The van der Waals surface area contributed by atoms with Gasteiger partial charge in [0.1, 0.15) is 0 Å². The van der Waals surface area contributed by atoms with E-state index in [-0.39, 0.29) is 0 Å². The second-order valence-corrected chi connectivity index (χ2v) is 2.95. The molecule has 0 saturated carbocycles. The Hall–Kier alpha value is -1.87. The number of carbonyl (C=O) groups excluding carboxylic acids is 1. The summed E-state index contributed by atoms with van der Waals surface area (Å²) in [6.45, 7) is 0. The van der Waals surface area contributed by atoms with Gasteiger partial charge in [0, 0.05) is 5.39 Å². The summed E-state index contributed by atoms with van der Waals surface area (Å²) in [5.41, 5.74) is 0.498. The molecular formula is C11H9NO2. The molecule has 0 fully saturated rings. The van der Waals surface area contributed by atoms with Gasteiger partial charge in [0.2, 0.25) is 6.41 Å². The molecule has 0 aliphatic heterocycles. The zero-order valence-corrected chi connectivity index (χ0v) is 7.42. The molecule has 0 spiro atoms. The Kier molecular flexibility index (Phi) is 2.16. The van der Waals surface area contributed by atoms with Crippen molar-refractivity contribution in [2.75, 3.05) is 5.06 Å². The van der Waals surface area contributed by atoms with Crippen LogP contribution in [0.1, 0.15) is 0 Å².